The maximum atomic E-state index is 12.7. The van der Waals surface area contributed by atoms with Crippen LogP contribution in [0.1, 0.15) is 24.2 Å². The Morgan fingerprint density at radius 3 is 2.37 bits per heavy atom. The van der Waals surface area contributed by atoms with Crippen molar-refractivity contribution in [2.45, 2.75) is 18.9 Å². The van der Waals surface area contributed by atoms with Crippen molar-refractivity contribution >= 4 is 50.7 Å². The van der Waals surface area contributed by atoms with Gasteiger partial charge in [-0.3, -0.25) is 14.3 Å². The number of carbonyl (C=O) groups is 2. The molecule has 0 unspecified atom stereocenters. The van der Waals surface area contributed by atoms with E-state index in [1.807, 2.05) is 6.92 Å². The molecule has 1 aromatic carbocycles. The molecule has 0 atom stereocenters. The Morgan fingerprint density at radius 1 is 1.11 bits per heavy atom. The summed E-state index contributed by atoms with van der Waals surface area (Å²) in [5, 5.41) is 6.08. The van der Waals surface area contributed by atoms with Crippen LogP contribution < -0.4 is 15.4 Å². The van der Waals surface area contributed by atoms with Crippen LogP contribution in [0.25, 0.3) is 0 Å². The second-order valence-electron chi connectivity index (χ2n) is 5.59. The second-order valence-corrected chi connectivity index (χ2v) is 8.62. The van der Waals surface area contributed by atoms with Crippen LogP contribution in [0.15, 0.2) is 41.6 Å². The minimum Gasteiger partial charge on any atom is -0.326 e. The van der Waals surface area contributed by atoms with Crippen LogP contribution in [-0.4, -0.2) is 37.2 Å². The molecule has 0 fully saturated rings. The van der Waals surface area contributed by atoms with E-state index in [0.29, 0.717) is 11.4 Å². The van der Waals surface area contributed by atoms with Gasteiger partial charge >= 0.3 is 0 Å². The summed E-state index contributed by atoms with van der Waals surface area (Å²) in [5.74, 6) is 0.0410. The molecule has 1 heterocycles. The molecule has 0 saturated carbocycles. The molecule has 0 saturated heterocycles. The zero-order valence-electron chi connectivity index (χ0n) is 15.1. The van der Waals surface area contributed by atoms with E-state index in [1.165, 1.54) is 31.3 Å². The number of sulfonamides is 1. The molecule has 144 valence electrons. The fourth-order valence-corrected chi connectivity index (χ4v) is 3.35. The van der Waals surface area contributed by atoms with Crippen LogP contribution in [-0.2, 0) is 14.8 Å². The van der Waals surface area contributed by atoms with E-state index in [-0.39, 0.29) is 17.2 Å². The molecule has 0 aliphatic rings. The number of rotatable bonds is 7. The van der Waals surface area contributed by atoms with Gasteiger partial charge in [0.05, 0.1) is 34.4 Å². The third kappa shape index (κ3) is 6.57. The van der Waals surface area contributed by atoms with Gasteiger partial charge in [-0.05, 0) is 36.1 Å². The molecule has 0 aliphatic heterocycles. The van der Waals surface area contributed by atoms with Gasteiger partial charge in [-0.25, -0.2) is 13.4 Å². The number of amides is 2. The topological polar surface area (TPSA) is 117 Å². The van der Waals surface area contributed by atoms with Crippen molar-refractivity contribution in [1.82, 2.24) is 4.98 Å². The molecular weight excluding hydrogens is 388 g/mol. The minimum absolute atomic E-state index is 0.0682. The largest absolute Gasteiger partial charge is 0.326 e. The summed E-state index contributed by atoms with van der Waals surface area (Å²) in [7, 11) is -3.59. The Balaban J connectivity index is 2.31. The predicted molar refractivity (Wildman–Crippen MR) is 108 cm³/mol. The van der Waals surface area contributed by atoms with Crippen molar-refractivity contribution in [2.75, 3.05) is 27.4 Å². The summed E-state index contributed by atoms with van der Waals surface area (Å²) in [6, 6.07) is 7.82. The summed E-state index contributed by atoms with van der Waals surface area (Å²) in [5.41, 5.74) is 1.02. The average molecular weight is 409 g/mol. The van der Waals surface area contributed by atoms with E-state index in [1.54, 1.807) is 23.9 Å². The number of pyridine rings is 1. The average Bonchev–Trinajstić information content (AvgIpc) is 2.56. The lowest BCUT2D eigenvalue weighted by Gasteiger charge is -2.13. The summed E-state index contributed by atoms with van der Waals surface area (Å²) in [6.07, 6.45) is 2.52. The van der Waals surface area contributed by atoms with Crippen molar-refractivity contribution in [3.63, 3.8) is 0 Å². The molecule has 2 rings (SSSR count). The highest BCUT2D eigenvalue weighted by atomic mass is 32.2. The molecule has 27 heavy (non-hydrogen) atoms. The van der Waals surface area contributed by atoms with Gasteiger partial charge in [-0.2, -0.15) is 0 Å². The summed E-state index contributed by atoms with van der Waals surface area (Å²) >= 11 is 1.57. The first kappa shape index (κ1) is 20.7. The fourth-order valence-electron chi connectivity index (χ4n) is 2.19. The molecule has 1 aromatic heterocycles. The molecule has 0 spiro atoms. The monoisotopic (exact) mass is 408 g/mol. The second kappa shape index (κ2) is 8.87. The first-order chi connectivity index (χ1) is 12.7. The number of hydrogen-bond acceptors (Lipinski definition) is 6. The summed E-state index contributed by atoms with van der Waals surface area (Å²) in [6.45, 7) is 3.35. The number of anilines is 3. The number of hydrogen-bond donors (Lipinski definition) is 3. The zero-order valence-corrected chi connectivity index (χ0v) is 16.7. The molecule has 0 bridgehead atoms. The van der Waals surface area contributed by atoms with E-state index < -0.39 is 15.9 Å². The first-order valence-corrected chi connectivity index (χ1v) is 10.9. The summed E-state index contributed by atoms with van der Waals surface area (Å²) in [4.78, 5) is 28.2. The Morgan fingerprint density at radius 2 is 1.81 bits per heavy atom. The van der Waals surface area contributed by atoms with Gasteiger partial charge < -0.3 is 10.6 Å². The van der Waals surface area contributed by atoms with Gasteiger partial charge in [0.1, 0.15) is 0 Å². The smallest absolute Gasteiger partial charge is 0.257 e. The van der Waals surface area contributed by atoms with E-state index in [0.717, 1.165) is 17.0 Å². The maximum Gasteiger partial charge on any atom is 0.257 e. The normalized spacial score (nSPS) is 10.9. The van der Waals surface area contributed by atoms with Gasteiger partial charge in [0.2, 0.25) is 15.9 Å². The lowest BCUT2D eigenvalue weighted by atomic mass is 10.1. The Bertz CT molecular complexity index is 944. The third-order valence-corrected chi connectivity index (χ3v) is 4.58. The lowest BCUT2D eigenvalue weighted by Crippen LogP contribution is -2.18. The van der Waals surface area contributed by atoms with Crippen molar-refractivity contribution < 1.29 is 18.0 Å². The van der Waals surface area contributed by atoms with Crippen molar-refractivity contribution in [2.24, 2.45) is 0 Å². The van der Waals surface area contributed by atoms with Gasteiger partial charge in [-0.1, -0.05) is 6.92 Å². The standard InChI is InChI=1S/C17H20N4O4S2/c1-4-26-16-8-6-13(10-18-16)20-17(23)14-9-12(19-11(2)22)5-7-15(14)21-27(3,24)25/h5-10,21H,4H2,1-3H3,(H,19,22)(H,20,23). The van der Waals surface area contributed by atoms with E-state index in [4.69, 9.17) is 0 Å². The van der Waals surface area contributed by atoms with Gasteiger partial charge in [0.15, 0.2) is 0 Å². The van der Waals surface area contributed by atoms with Gasteiger partial charge in [-0.15, -0.1) is 11.8 Å². The first-order valence-electron chi connectivity index (χ1n) is 7.97. The number of thioether (sulfide) groups is 1. The Hall–Kier alpha value is -2.59. The maximum absolute atomic E-state index is 12.7. The third-order valence-electron chi connectivity index (χ3n) is 3.17. The van der Waals surface area contributed by atoms with Crippen LogP contribution in [0.2, 0.25) is 0 Å². The highest BCUT2D eigenvalue weighted by Gasteiger charge is 2.16. The van der Waals surface area contributed by atoms with Crippen molar-refractivity contribution in [3.8, 4) is 0 Å². The van der Waals surface area contributed by atoms with Crippen molar-refractivity contribution in [3.05, 3.63) is 42.1 Å². The highest BCUT2D eigenvalue weighted by Crippen LogP contribution is 2.23. The summed E-state index contributed by atoms with van der Waals surface area (Å²) < 4.78 is 25.4. The lowest BCUT2D eigenvalue weighted by molar-refractivity contribution is -0.114. The Labute approximate surface area is 162 Å². The van der Waals surface area contributed by atoms with Crippen LogP contribution in [0.3, 0.4) is 0 Å². The van der Waals surface area contributed by atoms with Gasteiger partial charge in [0, 0.05) is 12.6 Å². The number of nitrogens with zero attached hydrogens (tertiary/aromatic N) is 1. The SMILES string of the molecule is CCSc1ccc(NC(=O)c2cc(NC(C)=O)ccc2NS(C)(=O)=O)cn1. The minimum atomic E-state index is -3.59. The number of aromatic nitrogens is 1. The molecule has 0 radical (unpaired) electrons. The fraction of sp³-hybridized carbons (Fsp3) is 0.235. The highest BCUT2D eigenvalue weighted by molar-refractivity contribution is 7.99. The van der Waals surface area contributed by atoms with E-state index >= 15 is 0 Å². The quantitative estimate of drug-likeness (QED) is 0.607. The van der Waals surface area contributed by atoms with Crippen LogP contribution in [0, 0.1) is 0 Å². The van der Waals surface area contributed by atoms with Crippen molar-refractivity contribution in [1.29, 1.82) is 0 Å². The zero-order chi connectivity index (χ0) is 20.0. The van der Waals surface area contributed by atoms with Crippen LogP contribution >= 0.6 is 11.8 Å². The van der Waals surface area contributed by atoms with Crippen LogP contribution in [0.5, 0.6) is 0 Å². The Kier molecular flexibility index (Phi) is 6.81. The number of nitrogens with one attached hydrogen (secondary N) is 3. The molecule has 3 N–H and O–H groups in total. The molecule has 2 amide bonds. The predicted octanol–water partition coefficient (Wildman–Crippen LogP) is 2.78. The molecular formula is C17H20N4O4S2. The van der Waals surface area contributed by atoms with Crippen LogP contribution in [0.4, 0.5) is 17.1 Å². The van der Waals surface area contributed by atoms with E-state index in [2.05, 4.69) is 20.3 Å². The van der Waals surface area contributed by atoms with E-state index in [9.17, 15) is 18.0 Å². The van der Waals surface area contributed by atoms with Gasteiger partial charge in [0.25, 0.3) is 5.91 Å². The number of benzene rings is 1. The molecule has 2 aromatic rings. The molecule has 0 aliphatic carbocycles. The number of carbonyl (C=O) groups excluding carboxylic acids is 2. The molecule has 10 heteroatoms. The molecule has 8 nitrogen and oxygen atoms in total.